The lowest BCUT2D eigenvalue weighted by Crippen LogP contribution is -1.94. The van der Waals surface area contributed by atoms with Gasteiger partial charge in [0, 0.05) is 23.3 Å². The third kappa shape index (κ3) is 2.92. The zero-order valence-corrected chi connectivity index (χ0v) is 10.6. The van der Waals surface area contributed by atoms with Crippen LogP contribution < -0.4 is 0 Å². The lowest BCUT2D eigenvalue weighted by molar-refractivity contribution is -0.384. The van der Waals surface area contributed by atoms with Crippen molar-refractivity contribution in [1.82, 2.24) is 0 Å². The molecule has 1 aromatic carbocycles. The Morgan fingerprint density at radius 1 is 1.35 bits per heavy atom. The number of carboxylic acids is 1. The van der Waals surface area contributed by atoms with E-state index in [9.17, 15) is 14.9 Å². The highest BCUT2D eigenvalue weighted by Gasteiger charge is 2.10. The van der Waals surface area contributed by atoms with Crippen molar-refractivity contribution in [3.8, 4) is 11.3 Å². The second kappa shape index (κ2) is 5.40. The molecule has 1 N–H and O–H groups in total. The number of nitro groups is 1. The predicted octanol–water partition coefficient (Wildman–Crippen LogP) is 3.34. The van der Waals surface area contributed by atoms with Gasteiger partial charge in [0.1, 0.15) is 11.5 Å². The van der Waals surface area contributed by atoms with Gasteiger partial charge in [-0.2, -0.15) is 0 Å². The first-order chi connectivity index (χ1) is 9.47. The van der Waals surface area contributed by atoms with Crippen LogP contribution in [-0.2, 0) is 4.79 Å². The number of furan rings is 1. The summed E-state index contributed by atoms with van der Waals surface area (Å²) in [6, 6.07) is 9.29. The van der Waals surface area contributed by atoms with Crippen LogP contribution in [0.25, 0.3) is 17.4 Å². The van der Waals surface area contributed by atoms with Crippen LogP contribution >= 0.6 is 0 Å². The number of nitro benzene ring substituents is 1. The molecule has 0 aliphatic rings. The predicted molar refractivity (Wildman–Crippen MR) is 72.1 cm³/mol. The third-order valence-corrected chi connectivity index (χ3v) is 2.66. The van der Waals surface area contributed by atoms with Crippen molar-refractivity contribution in [1.29, 1.82) is 0 Å². The van der Waals surface area contributed by atoms with E-state index < -0.39 is 10.9 Å². The van der Waals surface area contributed by atoms with Gasteiger partial charge in [-0.05, 0) is 25.1 Å². The van der Waals surface area contributed by atoms with E-state index in [1.54, 1.807) is 24.3 Å². The van der Waals surface area contributed by atoms with E-state index in [2.05, 4.69) is 0 Å². The zero-order valence-electron chi connectivity index (χ0n) is 10.6. The van der Waals surface area contributed by atoms with Gasteiger partial charge in [-0.3, -0.25) is 10.1 Å². The van der Waals surface area contributed by atoms with E-state index in [4.69, 9.17) is 9.52 Å². The molecule has 6 nitrogen and oxygen atoms in total. The Balaban J connectivity index is 2.34. The van der Waals surface area contributed by atoms with Gasteiger partial charge in [0.2, 0.25) is 0 Å². The minimum atomic E-state index is -1.03. The average Bonchev–Trinajstić information content (AvgIpc) is 2.87. The van der Waals surface area contributed by atoms with Crippen molar-refractivity contribution in [2.75, 3.05) is 0 Å². The van der Waals surface area contributed by atoms with Crippen LogP contribution in [0.15, 0.2) is 46.4 Å². The van der Waals surface area contributed by atoms with Crippen molar-refractivity contribution in [3.05, 3.63) is 57.8 Å². The molecule has 0 atom stereocenters. The maximum atomic E-state index is 10.7. The molecule has 0 aliphatic heterocycles. The molecule has 102 valence electrons. The smallest absolute Gasteiger partial charge is 0.331 e. The topological polar surface area (TPSA) is 93.6 Å². The van der Waals surface area contributed by atoms with Gasteiger partial charge in [-0.1, -0.05) is 12.1 Å². The Morgan fingerprint density at radius 2 is 2.10 bits per heavy atom. The first-order valence-corrected chi connectivity index (χ1v) is 5.73. The molecule has 0 aliphatic carbocycles. The summed E-state index contributed by atoms with van der Waals surface area (Å²) in [7, 11) is 0. The highest BCUT2D eigenvalue weighted by atomic mass is 16.6. The van der Waals surface area contributed by atoms with Crippen LogP contribution in [0.1, 0.15) is 12.7 Å². The van der Waals surface area contributed by atoms with Crippen molar-refractivity contribution in [2.45, 2.75) is 6.92 Å². The van der Waals surface area contributed by atoms with E-state index in [1.165, 1.54) is 25.1 Å². The van der Waals surface area contributed by atoms with Crippen LogP contribution in [0.5, 0.6) is 0 Å². The fourth-order valence-corrected chi connectivity index (χ4v) is 1.63. The fraction of sp³-hybridized carbons (Fsp3) is 0.0714. The molecule has 2 aromatic rings. The molecule has 0 amide bonds. The summed E-state index contributed by atoms with van der Waals surface area (Å²) in [5.41, 5.74) is 0.675. The molecule has 0 bridgehead atoms. The lowest BCUT2D eigenvalue weighted by Gasteiger charge is -1.97. The molecule has 6 heteroatoms. The number of aliphatic carboxylic acids is 1. The number of rotatable bonds is 4. The number of carboxylic acid groups (broad SMARTS) is 1. The van der Waals surface area contributed by atoms with Crippen molar-refractivity contribution in [2.24, 2.45) is 0 Å². The van der Waals surface area contributed by atoms with Crippen molar-refractivity contribution in [3.63, 3.8) is 0 Å². The molecule has 0 saturated heterocycles. The number of non-ortho nitro benzene ring substituents is 1. The van der Waals surface area contributed by atoms with Gasteiger partial charge >= 0.3 is 5.97 Å². The molecule has 2 rings (SSSR count). The number of nitrogens with zero attached hydrogens (tertiary/aromatic N) is 1. The van der Waals surface area contributed by atoms with Gasteiger partial charge in [0.15, 0.2) is 0 Å². The number of hydrogen-bond acceptors (Lipinski definition) is 4. The van der Waals surface area contributed by atoms with Gasteiger partial charge in [0.25, 0.3) is 5.69 Å². The van der Waals surface area contributed by atoms with Gasteiger partial charge in [0.05, 0.1) is 4.92 Å². The maximum absolute atomic E-state index is 10.7. The van der Waals surface area contributed by atoms with E-state index in [0.29, 0.717) is 17.1 Å². The summed E-state index contributed by atoms with van der Waals surface area (Å²) < 4.78 is 5.46. The first kappa shape index (κ1) is 13.5. The molecule has 0 spiro atoms. The standard InChI is InChI=1S/C14H11NO5/c1-9(14(16)17)7-12-5-6-13(20-12)10-3-2-4-11(8-10)15(18)19/h2-8H,1H3,(H,16,17)/b9-7+. The molecule has 0 saturated carbocycles. The third-order valence-electron chi connectivity index (χ3n) is 2.66. The van der Waals surface area contributed by atoms with Gasteiger partial charge in [-0.25, -0.2) is 4.79 Å². The molecule has 0 radical (unpaired) electrons. The fourth-order valence-electron chi connectivity index (χ4n) is 1.63. The summed E-state index contributed by atoms with van der Waals surface area (Å²) in [5.74, 6) is -0.206. The van der Waals surface area contributed by atoms with Crippen LogP contribution in [0.2, 0.25) is 0 Å². The molecule has 1 heterocycles. The highest BCUT2D eigenvalue weighted by Crippen LogP contribution is 2.26. The summed E-state index contributed by atoms with van der Waals surface area (Å²) in [6.07, 6.45) is 1.39. The molecule has 1 aromatic heterocycles. The second-order valence-electron chi connectivity index (χ2n) is 4.14. The summed E-state index contributed by atoms with van der Waals surface area (Å²) >= 11 is 0. The van der Waals surface area contributed by atoms with Crippen LogP contribution in [0.3, 0.4) is 0 Å². The zero-order chi connectivity index (χ0) is 14.7. The Bertz CT molecular complexity index is 699. The quantitative estimate of drug-likeness (QED) is 0.523. The average molecular weight is 273 g/mol. The van der Waals surface area contributed by atoms with E-state index in [-0.39, 0.29) is 11.3 Å². The second-order valence-corrected chi connectivity index (χ2v) is 4.14. The van der Waals surface area contributed by atoms with Crippen LogP contribution in [-0.4, -0.2) is 16.0 Å². The van der Waals surface area contributed by atoms with Gasteiger partial charge in [-0.15, -0.1) is 0 Å². The summed E-state index contributed by atoms with van der Waals surface area (Å²) in [6.45, 7) is 1.46. The molecular formula is C14H11NO5. The summed E-state index contributed by atoms with van der Waals surface area (Å²) in [4.78, 5) is 20.9. The molecule has 0 fully saturated rings. The van der Waals surface area contributed by atoms with E-state index >= 15 is 0 Å². The lowest BCUT2D eigenvalue weighted by atomic mass is 10.1. The Morgan fingerprint density at radius 3 is 2.75 bits per heavy atom. The van der Waals surface area contributed by atoms with E-state index in [1.807, 2.05) is 0 Å². The number of benzene rings is 1. The van der Waals surface area contributed by atoms with Crippen LogP contribution in [0, 0.1) is 10.1 Å². The Labute approximate surface area is 114 Å². The Kier molecular flexibility index (Phi) is 3.65. The van der Waals surface area contributed by atoms with Crippen molar-refractivity contribution >= 4 is 17.7 Å². The molecule has 0 unspecified atom stereocenters. The van der Waals surface area contributed by atoms with Gasteiger partial charge < -0.3 is 9.52 Å². The largest absolute Gasteiger partial charge is 0.478 e. The Hall–Kier alpha value is -2.89. The number of hydrogen-bond donors (Lipinski definition) is 1. The van der Waals surface area contributed by atoms with Crippen LogP contribution in [0.4, 0.5) is 5.69 Å². The summed E-state index contributed by atoms with van der Waals surface area (Å²) in [5, 5.41) is 19.5. The number of carbonyl (C=O) groups is 1. The van der Waals surface area contributed by atoms with Crippen molar-refractivity contribution < 1.29 is 19.2 Å². The minimum Gasteiger partial charge on any atom is -0.478 e. The highest BCUT2D eigenvalue weighted by molar-refractivity contribution is 5.91. The SMILES string of the molecule is C/C(=C\c1ccc(-c2cccc([N+](=O)[O-])c2)o1)C(=O)O. The first-order valence-electron chi connectivity index (χ1n) is 5.73. The maximum Gasteiger partial charge on any atom is 0.331 e. The normalized spacial score (nSPS) is 11.3. The monoisotopic (exact) mass is 273 g/mol. The van der Waals surface area contributed by atoms with E-state index in [0.717, 1.165) is 0 Å². The minimum absolute atomic E-state index is 0.0299. The molecule has 20 heavy (non-hydrogen) atoms. The molecular weight excluding hydrogens is 262 g/mol.